The van der Waals surface area contributed by atoms with Crippen molar-refractivity contribution in [3.63, 3.8) is 0 Å². The normalized spacial score (nSPS) is 16.6. The highest BCUT2D eigenvalue weighted by Crippen LogP contribution is 2.49. The van der Waals surface area contributed by atoms with E-state index in [0.29, 0.717) is 24.5 Å². The first-order chi connectivity index (χ1) is 19.7. The average Bonchev–Trinajstić information content (AvgIpc) is 2.87. The molecule has 0 bridgehead atoms. The highest BCUT2D eigenvalue weighted by molar-refractivity contribution is 7.65. The van der Waals surface area contributed by atoms with Gasteiger partial charge < -0.3 is 34.5 Å². The van der Waals surface area contributed by atoms with Crippen LogP contribution in [0.25, 0.3) is 0 Å². The Morgan fingerprint density at radius 3 is 2.38 bits per heavy atom. The van der Waals surface area contributed by atoms with E-state index in [-0.39, 0.29) is 49.4 Å². The first kappa shape index (κ1) is 36.4. The zero-order chi connectivity index (χ0) is 31.4. The van der Waals surface area contributed by atoms with Gasteiger partial charge in [0.2, 0.25) is 5.91 Å². The van der Waals surface area contributed by atoms with Crippen molar-refractivity contribution in [3.05, 3.63) is 33.8 Å². The van der Waals surface area contributed by atoms with E-state index >= 15 is 0 Å². The molecule has 0 aliphatic carbocycles. The van der Waals surface area contributed by atoms with Crippen molar-refractivity contribution < 1.29 is 52.2 Å². The van der Waals surface area contributed by atoms with Crippen LogP contribution in [0.1, 0.15) is 30.6 Å². The molecular formula is C22H34BCl2N4O11P2+. The molecule has 6 N–H and O–H groups in total. The molecule has 3 atom stereocenters. The van der Waals surface area contributed by atoms with Gasteiger partial charge in [0.05, 0.1) is 23.1 Å². The summed E-state index contributed by atoms with van der Waals surface area (Å²) in [6, 6.07) is 4.43. The van der Waals surface area contributed by atoms with Crippen molar-refractivity contribution in [2.75, 3.05) is 46.0 Å². The van der Waals surface area contributed by atoms with Gasteiger partial charge in [-0.05, 0) is 35.1 Å². The van der Waals surface area contributed by atoms with E-state index in [9.17, 15) is 23.5 Å². The van der Waals surface area contributed by atoms with Crippen molar-refractivity contribution in [1.82, 2.24) is 20.9 Å². The molecule has 3 amide bonds. The van der Waals surface area contributed by atoms with Crippen LogP contribution in [0.5, 0.6) is 0 Å². The second-order valence-electron chi connectivity index (χ2n) is 9.61. The van der Waals surface area contributed by atoms with Gasteiger partial charge >= 0.3 is 34.4 Å². The molecule has 0 spiro atoms. The third-order valence-electron chi connectivity index (χ3n) is 5.78. The van der Waals surface area contributed by atoms with E-state index < -0.39 is 52.1 Å². The van der Waals surface area contributed by atoms with Gasteiger partial charge in [-0.15, -0.1) is 0 Å². The van der Waals surface area contributed by atoms with Crippen LogP contribution in [-0.4, -0.2) is 102 Å². The molecule has 2 rings (SSSR count). The lowest BCUT2D eigenvalue weighted by Gasteiger charge is -2.31. The summed E-state index contributed by atoms with van der Waals surface area (Å²) < 4.78 is 39.0. The fourth-order valence-electron chi connectivity index (χ4n) is 3.83. The number of hydrogen-bond acceptors (Lipinski definition) is 9. The maximum absolute atomic E-state index is 12.7. The number of amides is 3. The van der Waals surface area contributed by atoms with Gasteiger partial charge in [-0.1, -0.05) is 37.0 Å². The van der Waals surface area contributed by atoms with Crippen molar-refractivity contribution in [2.24, 2.45) is 5.92 Å². The van der Waals surface area contributed by atoms with E-state index in [1.807, 2.05) is 18.7 Å². The number of hydrogen-bond donors (Lipinski definition) is 6. The quantitative estimate of drug-likeness (QED) is 0.130. The Labute approximate surface area is 254 Å². The summed E-state index contributed by atoms with van der Waals surface area (Å²) in [4.78, 5) is 65.9. The molecule has 0 aromatic heterocycles. The van der Waals surface area contributed by atoms with Crippen molar-refractivity contribution in [3.8, 4) is 0 Å². The van der Waals surface area contributed by atoms with Crippen LogP contribution in [0.15, 0.2) is 18.2 Å². The second-order valence-corrected chi connectivity index (χ2v) is 13.7. The molecule has 1 aromatic rings. The molecule has 1 aliphatic rings. The van der Waals surface area contributed by atoms with Gasteiger partial charge in [-0.25, -0.2) is 4.79 Å². The Morgan fingerprint density at radius 2 is 1.81 bits per heavy atom. The van der Waals surface area contributed by atoms with E-state index in [4.69, 9.17) is 51.9 Å². The molecular weight excluding hydrogens is 640 g/mol. The van der Waals surface area contributed by atoms with E-state index in [0.717, 1.165) is 0 Å². The second kappa shape index (κ2) is 17.5. The molecule has 20 heteroatoms. The van der Waals surface area contributed by atoms with Gasteiger partial charge in [0.25, 0.3) is 5.91 Å². The topological polar surface area (TPSA) is 213 Å². The maximum atomic E-state index is 12.7. The smallest absolute Gasteiger partial charge is 0.448 e. The number of ether oxygens (including phenoxy) is 1. The Hall–Kier alpha value is -1.84. The Bertz CT molecular complexity index is 1150. The third-order valence-corrected chi connectivity index (χ3v) is 9.15. The average molecular weight is 674 g/mol. The minimum atomic E-state index is -5.06. The molecule has 0 saturated carbocycles. The molecule has 234 valence electrons. The minimum Gasteiger partial charge on any atom is -0.448 e. The lowest BCUT2D eigenvalue weighted by atomic mass is 9.73. The van der Waals surface area contributed by atoms with Gasteiger partial charge in [0.15, 0.2) is 0 Å². The standard InChI is InChI=1S/C22H33BCl2N4O11P2/c1-14(2)11-18(27-19(30)13-26-20(31)16-12-15(24)3-4-17(16)25)23-39-9-6-29(7-10-40-23)5-8-38-21(32)28-22(41(33)34)42(35,36)37/h3-4,12,14,18,22H,5-11,13H2,1-2H3,(H5-,26,27,28,30,31,32,33,34,35,36,37)/p+1. The van der Waals surface area contributed by atoms with Crippen molar-refractivity contribution in [2.45, 2.75) is 31.7 Å². The van der Waals surface area contributed by atoms with Gasteiger partial charge in [0, 0.05) is 37.9 Å². The molecule has 1 heterocycles. The largest absolute Gasteiger partial charge is 0.544 e. The van der Waals surface area contributed by atoms with Crippen LogP contribution < -0.4 is 16.0 Å². The molecule has 1 aliphatic heterocycles. The number of benzene rings is 1. The van der Waals surface area contributed by atoms with Crippen molar-refractivity contribution >= 4 is 63.9 Å². The van der Waals surface area contributed by atoms with Crippen LogP contribution in [0.2, 0.25) is 10.0 Å². The van der Waals surface area contributed by atoms with Crippen LogP contribution in [0.3, 0.4) is 0 Å². The van der Waals surface area contributed by atoms with Crippen molar-refractivity contribution in [1.29, 1.82) is 0 Å². The number of halogens is 2. The van der Waals surface area contributed by atoms with E-state index in [1.165, 1.54) is 12.1 Å². The summed E-state index contributed by atoms with van der Waals surface area (Å²) in [5.41, 5.74) is -2.12. The number of rotatable bonds is 13. The number of nitrogens with zero attached hydrogens (tertiary/aromatic N) is 1. The number of nitrogens with one attached hydrogen (secondary N) is 3. The Morgan fingerprint density at radius 1 is 1.17 bits per heavy atom. The molecule has 15 nitrogen and oxygen atoms in total. The van der Waals surface area contributed by atoms with Crippen LogP contribution >= 0.6 is 38.8 Å². The molecule has 1 aromatic carbocycles. The van der Waals surface area contributed by atoms with E-state index in [2.05, 4.69) is 10.6 Å². The van der Waals surface area contributed by atoms with Gasteiger partial charge in [0.1, 0.15) is 6.61 Å². The fraction of sp³-hybridized carbons (Fsp3) is 0.591. The lowest BCUT2D eigenvalue weighted by Crippen LogP contribution is -2.54. The lowest BCUT2D eigenvalue weighted by molar-refractivity contribution is -0.120. The predicted octanol–water partition coefficient (Wildman–Crippen LogP) is 1.55. The highest BCUT2D eigenvalue weighted by atomic mass is 35.5. The van der Waals surface area contributed by atoms with Crippen LogP contribution in [-0.2, 0) is 28.0 Å². The first-order valence-corrected chi connectivity index (χ1v) is 16.5. The zero-order valence-corrected chi connectivity index (χ0v) is 26.2. The monoisotopic (exact) mass is 673 g/mol. The minimum absolute atomic E-state index is 0.144. The molecule has 1 saturated heterocycles. The summed E-state index contributed by atoms with van der Waals surface area (Å²) in [5.74, 6) is -1.34. The summed E-state index contributed by atoms with van der Waals surface area (Å²) in [6.45, 7) is 4.92. The molecule has 0 radical (unpaired) electrons. The fourth-order valence-corrected chi connectivity index (χ4v) is 5.72. The molecule has 3 unspecified atom stereocenters. The summed E-state index contributed by atoms with van der Waals surface area (Å²) in [7, 11) is -9.20. The number of alkyl carbamates (subject to hydrolysis) is 1. The Kier molecular flexibility index (Phi) is 15.1. The Balaban J connectivity index is 1.82. The van der Waals surface area contributed by atoms with Crippen LogP contribution in [0.4, 0.5) is 4.79 Å². The molecule has 1 fully saturated rings. The van der Waals surface area contributed by atoms with Gasteiger partial charge in [-0.3, -0.25) is 24.4 Å². The summed E-state index contributed by atoms with van der Waals surface area (Å²) in [6.07, 6.45) is -0.717. The summed E-state index contributed by atoms with van der Waals surface area (Å²) >= 11 is 12.0. The first-order valence-electron chi connectivity index (χ1n) is 12.8. The zero-order valence-electron chi connectivity index (χ0n) is 22.9. The SMILES string of the molecule is CC(C)CC(NC(=O)CNC(=O)c1cc(Cl)ccc1Cl)B1OCCN(CCOC(=O)NC([P+](=O)O)P(=O)(O)O)CCO1. The third kappa shape index (κ3) is 12.8. The number of carbonyl (C=O) groups is 3. The van der Waals surface area contributed by atoms with Gasteiger partial charge in [-0.2, -0.15) is 4.89 Å². The number of carbonyl (C=O) groups excluding carboxylic acids is 3. The highest BCUT2D eigenvalue weighted by Gasteiger charge is 2.47. The maximum Gasteiger partial charge on any atom is 0.544 e. The molecule has 42 heavy (non-hydrogen) atoms. The van der Waals surface area contributed by atoms with Crippen LogP contribution in [0, 0.1) is 5.92 Å². The van der Waals surface area contributed by atoms with E-state index in [1.54, 1.807) is 11.4 Å². The predicted molar refractivity (Wildman–Crippen MR) is 154 cm³/mol. The summed E-state index contributed by atoms with van der Waals surface area (Å²) in [5, 5.41) is 7.60.